The average Bonchev–Trinajstić information content (AvgIpc) is 2.35. The molecule has 0 saturated carbocycles. The molecule has 4 nitrogen and oxygen atoms in total. The maximum Gasteiger partial charge on any atom is 0.259 e. The lowest BCUT2D eigenvalue weighted by molar-refractivity contribution is 0.102. The highest BCUT2D eigenvalue weighted by Crippen LogP contribution is 2.24. The highest BCUT2D eigenvalue weighted by Gasteiger charge is 2.13. The molecule has 0 aliphatic carbocycles. The van der Waals surface area contributed by atoms with Crippen molar-refractivity contribution in [2.24, 2.45) is 0 Å². The minimum Gasteiger partial charge on any atom is -0.383 e. The number of halogens is 2. The van der Waals surface area contributed by atoms with Crippen LogP contribution in [0.4, 0.5) is 11.5 Å². The van der Waals surface area contributed by atoms with E-state index in [1.54, 1.807) is 18.2 Å². The lowest BCUT2D eigenvalue weighted by atomic mass is 10.2. The number of hydrogen-bond acceptors (Lipinski definition) is 3. The van der Waals surface area contributed by atoms with Crippen molar-refractivity contribution in [2.45, 2.75) is 6.92 Å². The molecule has 0 saturated heterocycles. The zero-order chi connectivity index (χ0) is 14.0. The van der Waals surface area contributed by atoms with E-state index in [1.165, 1.54) is 6.20 Å². The summed E-state index contributed by atoms with van der Waals surface area (Å²) in [5.74, 6) is -0.180. The molecule has 1 aromatic heterocycles. The summed E-state index contributed by atoms with van der Waals surface area (Å²) >= 11 is 9.31. The minimum absolute atomic E-state index is 0.170. The predicted molar refractivity (Wildman–Crippen MR) is 80.5 cm³/mol. The molecule has 1 amide bonds. The van der Waals surface area contributed by atoms with Crippen LogP contribution in [0.1, 0.15) is 15.9 Å². The fourth-order valence-electron chi connectivity index (χ4n) is 1.54. The van der Waals surface area contributed by atoms with Crippen LogP contribution in [0.3, 0.4) is 0 Å². The van der Waals surface area contributed by atoms with Crippen LogP contribution in [0.25, 0.3) is 0 Å². The molecular formula is C13H11BrClN3O. The van der Waals surface area contributed by atoms with Crippen molar-refractivity contribution in [1.82, 2.24) is 4.98 Å². The van der Waals surface area contributed by atoms with Crippen LogP contribution in [0.15, 0.2) is 34.9 Å². The first kappa shape index (κ1) is 13.8. The molecule has 0 spiro atoms. The van der Waals surface area contributed by atoms with Crippen LogP contribution in [0.2, 0.25) is 5.02 Å². The number of aryl methyl sites for hydroxylation is 1. The minimum atomic E-state index is -0.350. The number of carbonyl (C=O) groups excluding carboxylic acids is 1. The summed E-state index contributed by atoms with van der Waals surface area (Å²) in [5, 5.41) is 3.19. The third kappa shape index (κ3) is 3.24. The van der Waals surface area contributed by atoms with Gasteiger partial charge in [-0.1, -0.05) is 17.7 Å². The summed E-state index contributed by atoms with van der Waals surface area (Å²) < 4.78 is 0.682. The summed E-state index contributed by atoms with van der Waals surface area (Å²) in [6.45, 7) is 1.92. The van der Waals surface area contributed by atoms with Crippen molar-refractivity contribution in [3.8, 4) is 0 Å². The van der Waals surface area contributed by atoms with E-state index in [1.807, 2.05) is 13.0 Å². The van der Waals surface area contributed by atoms with Crippen molar-refractivity contribution in [3.05, 3.63) is 51.1 Å². The molecule has 2 rings (SSSR count). The molecule has 0 fully saturated rings. The molecule has 6 heteroatoms. The SMILES string of the molecule is Cc1ccc(NC(=O)c2cc(Br)cnc2N)c(Cl)c1. The Kier molecular flexibility index (Phi) is 4.07. The van der Waals surface area contributed by atoms with Crippen molar-refractivity contribution < 1.29 is 4.79 Å². The van der Waals surface area contributed by atoms with Crippen LogP contribution < -0.4 is 11.1 Å². The van der Waals surface area contributed by atoms with Crippen LogP contribution in [-0.2, 0) is 0 Å². The van der Waals surface area contributed by atoms with Gasteiger partial charge in [-0.3, -0.25) is 4.79 Å². The monoisotopic (exact) mass is 339 g/mol. The van der Waals surface area contributed by atoms with E-state index in [0.717, 1.165) is 5.56 Å². The fourth-order valence-corrected chi connectivity index (χ4v) is 2.16. The maximum atomic E-state index is 12.1. The van der Waals surface area contributed by atoms with Gasteiger partial charge in [0.15, 0.2) is 0 Å². The largest absolute Gasteiger partial charge is 0.383 e. The van der Waals surface area contributed by atoms with Gasteiger partial charge >= 0.3 is 0 Å². The van der Waals surface area contributed by atoms with Gasteiger partial charge in [0.1, 0.15) is 5.82 Å². The van der Waals surface area contributed by atoms with E-state index >= 15 is 0 Å². The number of nitrogens with zero attached hydrogens (tertiary/aromatic N) is 1. The molecule has 0 atom stereocenters. The van der Waals surface area contributed by atoms with Crippen LogP contribution in [0.5, 0.6) is 0 Å². The van der Waals surface area contributed by atoms with Crippen molar-refractivity contribution in [2.75, 3.05) is 11.1 Å². The first-order valence-corrected chi connectivity index (χ1v) is 6.63. The highest BCUT2D eigenvalue weighted by atomic mass is 79.9. The fraction of sp³-hybridized carbons (Fsp3) is 0.0769. The molecule has 0 bridgehead atoms. The Hall–Kier alpha value is -1.59. The third-order valence-corrected chi connectivity index (χ3v) is 3.25. The number of nitrogen functional groups attached to an aromatic ring is 1. The molecule has 2 aromatic rings. The molecule has 1 heterocycles. The van der Waals surface area contributed by atoms with E-state index in [4.69, 9.17) is 17.3 Å². The first-order valence-electron chi connectivity index (χ1n) is 5.46. The second-order valence-electron chi connectivity index (χ2n) is 4.02. The summed E-state index contributed by atoms with van der Waals surface area (Å²) in [6, 6.07) is 7.00. The molecular weight excluding hydrogens is 330 g/mol. The van der Waals surface area contributed by atoms with E-state index in [2.05, 4.69) is 26.2 Å². The number of aromatic nitrogens is 1. The number of nitrogens with two attached hydrogens (primary N) is 1. The number of hydrogen-bond donors (Lipinski definition) is 2. The Morgan fingerprint density at radius 1 is 1.42 bits per heavy atom. The second kappa shape index (κ2) is 5.59. The number of nitrogens with one attached hydrogen (secondary N) is 1. The van der Waals surface area contributed by atoms with Gasteiger partial charge < -0.3 is 11.1 Å². The van der Waals surface area contributed by atoms with Gasteiger partial charge in [0.2, 0.25) is 0 Å². The van der Waals surface area contributed by atoms with Crippen molar-refractivity contribution in [3.63, 3.8) is 0 Å². The Morgan fingerprint density at radius 2 is 2.16 bits per heavy atom. The van der Waals surface area contributed by atoms with Crippen LogP contribution in [-0.4, -0.2) is 10.9 Å². The Bertz CT molecular complexity index is 646. The van der Waals surface area contributed by atoms with Gasteiger partial charge in [0, 0.05) is 10.7 Å². The summed E-state index contributed by atoms with van der Waals surface area (Å²) in [7, 11) is 0. The van der Waals surface area contributed by atoms with E-state index in [-0.39, 0.29) is 11.7 Å². The first-order chi connectivity index (χ1) is 8.97. The molecule has 0 aliphatic rings. The smallest absolute Gasteiger partial charge is 0.259 e. The predicted octanol–water partition coefficient (Wildman–Crippen LogP) is 3.64. The normalized spacial score (nSPS) is 10.3. The number of anilines is 2. The number of carbonyl (C=O) groups is 1. The van der Waals surface area contributed by atoms with Gasteiger partial charge in [-0.05, 0) is 46.6 Å². The zero-order valence-corrected chi connectivity index (χ0v) is 12.4. The van der Waals surface area contributed by atoms with E-state index in [0.29, 0.717) is 20.7 Å². The summed E-state index contributed by atoms with van der Waals surface area (Å²) in [5.41, 5.74) is 7.54. The third-order valence-electron chi connectivity index (χ3n) is 2.50. The van der Waals surface area contributed by atoms with Crippen molar-refractivity contribution in [1.29, 1.82) is 0 Å². The zero-order valence-electron chi connectivity index (χ0n) is 10.1. The lowest BCUT2D eigenvalue weighted by Crippen LogP contribution is -2.15. The van der Waals surface area contributed by atoms with Crippen LogP contribution >= 0.6 is 27.5 Å². The Balaban J connectivity index is 2.28. The van der Waals surface area contributed by atoms with Crippen LogP contribution in [0, 0.1) is 6.92 Å². The number of rotatable bonds is 2. The number of benzene rings is 1. The van der Waals surface area contributed by atoms with Crippen molar-refractivity contribution >= 4 is 44.9 Å². The molecule has 0 unspecified atom stereocenters. The maximum absolute atomic E-state index is 12.1. The molecule has 1 aromatic carbocycles. The van der Waals surface area contributed by atoms with Gasteiger partial charge in [-0.15, -0.1) is 0 Å². The second-order valence-corrected chi connectivity index (χ2v) is 5.35. The van der Waals surface area contributed by atoms with E-state index < -0.39 is 0 Å². The summed E-state index contributed by atoms with van der Waals surface area (Å²) in [6.07, 6.45) is 1.53. The van der Waals surface area contributed by atoms with Gasteiger partial charge in [0.25, 0.3) is 5.91 Å². The van der Waals surface area contributed by atoms with Gasteiger partial charge in [-0.2, -0.15) is 0 Å². The summed E-state index contributed by atoms with van der Waals surface area (Å²) in [4.78, 5) is 16.0. The topological polar surface area (TPSA) is 68.0 Å². The Labute approximate surface area is 124 Å². The molecule has 0 radical (unpaired) electrons. The number of pyridine rings is 1. The highest BCUT2D eigenvalue weighted by molar-refractivity contribution is 9.10. The standard InChI is InChI=1S/C13H11BrClN3O/c1-7-2-3-11(10(15)4-7)18-13(19)9-5-8(14)6-17-12(9)16/h2-6H,1H3,(H2,16,17)(H,18,19). The molecule has 0 aliphatic heterocycles. The van der Waals surface area contributed by atoms with Gasteiger partial charge in [0.05, 0.1) is 16.3 Å². The van der Waals surface area contributed by atoms with E-state index in [9.17, 15) is 4.79 Å². The quantitative estimate of drug-likeness (QED) is 0.877. The number of amides is 1. The molecule has 3 N–H and O–H groups in total. The Morgan fingerprint density at radius 3 is 2.84 bits per heavy atom. The molecule has 98 valence electrons. The van der Waals surface area contributed by atoms with Gasteiger partial charge in [-0.25, -0.2) is 4.98 Å². The molecule has 19 heavy (non-hydrogen) atoms. The average molecular weight is 341 g/mol. The lowest BCUT2D eigenvalue weighted by Gasteiger charge is -2.09.